The van der Waals surface area contributed by atoms with Gasteiger partial charge in [-0.1, -0.05) is 54.6 Å². The monoisotopic (exact) mass is 220 g/mol. The van der Waals surface area contributed by atoms with Crippen molar-refractivity contribution >= 4 is 22.1 Å². The molecule has 0 aliphatic rings. The molecular formula is C16H13N. The summed E-state index contributed by atoms with van der Waals surface area (Å²) >= 11 is 0. The maximum atomic E-state index is 7.87. The van der Waals surface area contributed by atoms with Crippen molar-refractivity contribution in [2.75, 3.05) is 5.32 Å². The predicted octanol–water partition coefficient (Wildman–Crippen LogP) is 4.58. The van der Waals surface area contributed by atoms with E-state index >= 15 is 0 Å². The average Bonchev–Trinajstić information content (AvgIpc) is 2.42. The summed E-state index contributed by atoms with van der Waals surface area (Å²) < 4.78 is 7.87. The summed E-state index contributed by atoms with van der Waals surface area (Å²) in [6.07, 6.45) is 0. The Morgan fingerprint density at radius 2 is 1.59 bits per heavy atom. The molecule has 0 aliphatic heterocycles. The normalized spacial score (nSPS) is 11.2. The van der Waals surface area contributed by atoms with E-state index in [9.17, 15) is 0 Å². The first kappa shape index (κ1) is 8.82. The lowest BCUT2D eigenvalue weighted by atomic mass is 10.1. The molecule has 3 rings (SSSR count). The lowest BCUT2D eigenvalue weighted by Gasteiger charge is -2.09. The molecule has 0 saturated carbocycles. The van der Waals surface area contributed by atoms with Crippen LogP contribution in [0.4, 0.5) is 11.4 Å². The van der Waals surface area contributed by atoms with Gasteiger partial charge in [-0.15, -0.1) is 0 Å². The molecule has 1 heteroatoms. The Labute approximate surface area is 102 Å². The molecule has 0 amide bonds. The van der Waals surface area contributed by atoms with Crippen LogP contribution < -0.4 is 5.32 Å². The van der Waals surface area contributed by atoms with E-state index in [1.807, 2.05) is 42.5 Å². The smallest absolute Gasteiger partial charge is 0.0645 e. The van der Waals surface area contributed by atoms with Crippen LogP contribution in [0.5, 0.6) is 0 Å². The Bertz CT molecular complexity index is 686. The topological polar surface area (TPSA) is 12.0 Å². The van der Waals surface area contributed by atoms with Crippen LogP contribution in [0.1, 0.15) is 1.37 Å². The van der Waals surface area contributed by atoms with Gasteiger partial charge in [-0.3, -0.25) is 0 Å². The van der Waals surface area contributed by atoms with Crippen LogP contribution in [-0.2, 0) is 0 Å². The molecule has 3 aromatic carbocycles. The summed E-state index contributed by atoms with van der Waals surface area (Å²) in [5.74, 6) is 0. The largest absolute Gasteiger partial charge is 0.355 e. The van der Waals surface area contributed by atoms with Crippen LogP contribution in [-0.4, -0.2) is 0 Å². The Kier molecular flexibility index (Phi) is 2.23. The van der Waals surface area contributed by atoms with Crippen molar-refractivity contribution in [3.63, 3.8) is 0 Å². The molecule has 0 fully saturated rings. The van der Waals surface area contributed by atoms with Gasteiger partial charge in [0.05, 0.1) is 1.37 Å². The molecule has 0 radical (unpaired) electrons. The maximum Gasteiger partial charge on any atom is 0.0645 e. The first-order valence-corrected chi connectivity index (χ1v) is 5.65. The second-order valence-electron chi connectivity index (χ2n) is 3.93. The van der Waals surface area contributed by atoms with E-state index < -0.39 is 0 Å². The van der Waals surface area contributed by atoms with Gasteiger partial charge < -0.3 is 5.32 Å². The van der Waals surface area contributed by atoms with Crippen LogP contribution in [0.15, 0.2) is 72.8 Å². The Morgan fingerprint density at radius 3 is 2.53 bits per heavy atom. The summed E-state index contributed by atoms with van der Waals surface area (Å²) in [4.78, 5) is 0. The number of para-hydroxylation sites is 1. The zero-order chi connectivity index (χ0) is 12.4. The highest BCUT2D eigenvalue weighted by Gasteiger charge is 1.99. The van der Waals surface area contributed by atoms with Crippen molar-refractivity contribution in [3.8, 4) is 0 Å². The van der Waals surface area contributed by atoms with Gasteiger partial charge in [0, 0.05) is 16.8 Å². The minimum Gasteiger partial charge on any atom is -0.355 e. The van der Waals surface area contributed by atoms with Crippen LogP contribution >= 0.6 is 0 Å². The van der Waals surface area contributed by atoms with Crippen molar-refractivity contribution in [2.24, 2.45) is 0 Å². The number of nitrogens with one attached hydrogen (secondary N) is 1. The fourth-order valence-electron chi connectivity index (χ4n) is 1.95. The fraction of sp³-hybridized carbons (Fsp3) is 0. The van der Waals surface area contributed by atoms with Gasteiger partial charge in [0.2, 0.25) is 0 Å². The van der Waals surface area contributed by atoms with E-state index in [2.05, 4.69) is 23.5 Å². The molecule has 0 bridgehead atoms. The highest BCUT2D eigenvalue weighted by molar-refractivity contribution is 5.95. The van der Waals surface area contributed by atoms with Crippen LogP contribution in [0.25, 0.3) is 10.8 Å². The third-order valence-electron chi connectivity index (χ3n) is 2.77. The number of hydrogen-bond acceptors (Lipinski definition) is 1. The summed E-state index contributed by atoms with van der Waals surface area (Å²) in [7, 11) is 0. The number of fused-ring (bicyclic) bond motifs is 1. The summed E-state index contributed by atoms with van der Waals surface area (Å²) in [6.45, 7) is 0. The Balaban J connectivity index is 2.08. The van der Waals surface area contributed by atoms with Crippen molar-refractivity contribution in [1.82, 2.24) is 0 Å². The summed E-state index contributed by atoms with van der Waals surface area (Å²) in [6, 6.07) is 22.4. The average molecular weight is 220 g/mol. The third-order valence-corrected chi connectivity index (χ3v) is 2.77. The Hall–Kier alpha value is -2.28. The van der Waals surface area contributed by atoms with Crippen molar-refractivity contribution in [3.05, 3.63) is 72.8 Å². The highest BCUT2D eigenvalue weighted by atomic mass is 14.9. The quantitative estimate of drug-likeness (QED) is 0.666. The van der Waals surface area contributed by atoms with Gasteiger partial charge >= 0.3 is 0 Å². The molecule has 0 heterocycles. The van der Waals surface area contributed by atoms with Crippen molar-refractivity contribution < 1.29 is 1.37 Å². The first-order chi connectivity index (χ1) is 8.84. The van der Waals surface area contributed by atoms with E-state index in [-0.39, 0.29) is 0 Å². The number of hydrogen-bond donors (Lipinski definition) is 1. The van der Waals surface area contributed by atoms with Crippen LogP contribution in [0, 0.1) is 0 Å². The zero-order valence-corrected chi connectivity index (χ0v) is 9.35. The van der Waals surface area contributed by atoms with Gasteiger partial charge in [-0.05, 0) is 23.6 Å². The van der Waals surface area contributed by atoms with Crippen molar-refractivity contribution in [1.29, 1.82) is 0 Å². The van der Waals surface area contributed by atoms with Gasteiger partial charge in [0.15, 0.2) is 0 Å². The maximum absolute atomic E-state index is 7.87. The number of benzene rings is 3. The number of rotatable bonds is 2. The van der Waals surface area contributed by atoms with Gasteiger partial charge in [-0.2, -0.15) is 0 Å². The van der Waals surface area contributed by atoms with E-state index in [1.54, 1.807) is 6.07 Å². The highest BCUT2D eigenvalue weighted by Crippen LogP contribution is 2.25. The second-order valence-corrected chi connectivity index (χ2v) is 3.93. The second kappa shape index (κ2) is 4.30. The van der Waals surface area contributed by atoms with Crippen LogP contribution in [0.2, 0.25) is 0 Å². The first-order valence-electron chi connectivity index (χ1n) is 6.15. The molecule has 1 nitrogen and oxygen atoms in total. The van der Waals surface area contributed by atoms with Gasteiger partial charge in [0.25, 0.3) is 0 Å². The van der Waals surface area contributed by atoms with E-state index in [1.165, 1.54) is 10.8 Å². The van der Waals surface area contributed by atoms with E-state index in [0.29, 0.717) is 6.04 Å². The lowest BCUT2D eigenvalue weighted by molar-refractivity contribution is 1.58. The molecule has 0 aliphatic carbocycles. The SMILES string of the molecule is [2H]c1ccccc1Nc1cccc2ccccc12. The molecule has 0 saturated heterocycles. The zero-order valence-electron chi connectivity index (χ0n) is 10.4. The minimum atomic E-state index is 0.505. The van der Waals surface area contributed by atoms with Crippen molar-refractivity contribution in [2.45, 2.75) is 0 Å². The van der Waals surface area contributed by atoms with Crippen LogP contribution in [0.3, 0.4) is 0 Å². The summed E-state index contributed by atoms with van der Waals surface area (Å²) in [5.41, 5.74) is 1.86. The lowest BCUT2D eigenvalue weighted by Crippen LogP contribution is -1.90. The van der Waals surface area contributed by atoms with Gasteiger partial charge in [0.1, 0.15) is 0 Å². The molecular weight excluding hydrogens is 206 g/mol. The fourth-order valence-corrected chi connectivity index (χ4v) is 1.95. The molecule has 82 valence electrons. The molecule has 0 aromatic heterocycles. The van der Waals surface area contributed by atoms with E-state index in [0.717, 1.165) is 11.4 Å². The molecule has 0 atom stereocenters. The molecule has 17 heavy (non-hydrogen) atoms. The molecule has 3 aromatic rings. The summed E-state index contributed by atoms with van der Waals surface area (Å²) in [5, 5.41) is 5.70. The number of anilines is 2. The predicted molar refractivity (Wildman–Crippen MR) is 73.7 cm³/mol. The minimum absolute atomic E-state index is 0.505. The van der Waals surface area contributed by atoms with E-state index in [4.69, 9.17) is 1.37 Å². The third kappa shape index (κ3) is 2.00. The molecule has 0 unspecified atom stereocenters. The van der Waals surface area contributed by atoms with Gasteiger partial charge in [-0.25, -0.2) is 0 Å². The molecule has 0 spiro atoms. The standard InChI is InChI=1S/C16H13N/c1-2-9-14(10-3-1)17-16-12-6-8-13-7-4-5-11-15(13)16/h1-12,17H/i9D. The Morgan fingerprint density at radius 1 is 0.765 bits per heavy atom. The molecule has 1 N–H and O–H groups in total.